The molecule has 0 fully saturated rings. The Labute approximate surface area is 209 Å². The second kappa shape index (κ2) is 11.3. The van der Waals surface area contributed by atoms with Crippen LogP contribution in [0.3, 0.4) is 0 Å². The van der Waals surface area contributed by atoms with Crippen LogP contribution in [0.4, 0.5) is 4.79 Å². The van der Waals surface area contributed by atoms with E-state index in [4.69, 9.17) is 9.47 Å². The van der Waals surface area contributed by atoms with Gasteiger partial charge in [-0.15, -0.1) is 0 Å². The average molecular weight is 492 g/mol. The van der Waals surface area contributed by atoms with Crippen molar-refractivity contribution in [2.24, 2.45) is 0 Å². The third-order valence-electron chi connectivity index (χ3n) is 6.05. The van der Waals surface area contributed by atoms with Gasteiger partial charge in [0.15, 0.2) is 0 Å². The molecule has 7 heteroatoms. The van der Waals surface area contributed by atoms with Crippen molar-refractivity contribution in [3.05, 3.63) is 89.0 Å². The Morgan fingerprint density at radius 3 is 2.31 bits per heavy atom. The van der Waals surface area contributed by atoms with Gasteiger partial charge >= 0.3 is 12.1 Å². The molecule has 1 unspecified atom stereocenters. The van der Waals surface area contributed by atoms with E-state index in [2.05, 4.69) is 17.4 Å². The highest BCUT2D eigenvalue weighted by molar-refractivity contribution is 7.99. The van der Waals surface area contributed by atoms with Crippen molar-refractivity contribution >= 4 is 23.8 Å². The summed E-state index contributed by atoms with van der Waals surface area (Å²) in [6.45, 7) is 4.59. The van der Waals surface area contributed by atoms with Crippen LogP contribution in [-0.2, 0) is 9.53 Å². The van der Waals surface area contributed by atoms with E-state index in [1.165, 1.54) is 11.8 Å². The molecule has 1 aliphatic rings. The SMILES string of the molecule is Cc1ccc(C)c(OCCSCC(NC(=O)OCC2c3ccccc3-c3ccccc32)C(=O)O)c1. The van der Waals surface area contributed by atoms with E-state index in [-0.39, 0.29) is 18.3 Å². The van der Waals surface area contributed by atoms with Gasteiger partial charge in [0.1, 0.15) is 18.4 Å². The third-order valence-corrected chi connectivity index (χ3v) is 7.07. The van der Waals surface area contributed by atoms with E-state index < -0.39 is 18.1 Å². The van der Waals surface area contributed by atoms with Gasteiger partial charge in [0.05, 0.1) is 6.61 Å². The van der Waals surface area contributed by atoms with Crippen molar-refractivity contribution < 1.29 is 24.2 Å². The van der Waals surface area contributed by atoms with Crippen molar-refractivity contribution in [3.8, 4) is 16.9 Å². The molecule has 3 aromatic carbocycles. The number of ether oxygens (including phenoxy) is 2. The van der Waals surface area contributed by atoms with Crippen LogP contribution in [-0.4, -0.2) is 47.9 Å². The molecule has 1 aliphatic carbocycles. The first-order chi connectivity index (χ1) is 16.9. The fourth-order valence-corrected chi connectivity index (χ4v) is 5.06. The Kier molecular flexibility index (Phi) is 7.98. The Balaban J connectivity index is 1.26. The summed E-state index contributed by atoms with van der Waals surface area (Å²) >= 11 is 1.41. The lowest BCUT2D eigenvalue weighted by Crippen LogP contribution is -2.43. The Morgan fingerprint density at radius 1 is 1.00 bits per heavy atom. The lowest BCUT2D eigenvalue weighted by molar-refractivity contribution is -0.138. The minimum atomic E-state index is -1.10. The second-order valence-corrected chi connectivity index (χ2v) is 9.70. The van der Waals surface area contributed by atoms with Gasteiger partial charge in [-0.25, -0.2) is 9.59 Å². The second-order valence-electron chi connectivity index (χ2n) is 8.55. The number of aryl methyl sites for hydroxylation is 2. The first-order valence-corrected chi connectivity index (χ1v) is 12.7. The van der Waals surface area contributed by atoms with Gasteiger partial charge in [0.2, 0.25) is 0 Å². The molecule has 0 radical (unpaired) electrons. The number of aliphatic carboxylic acids is 1. The van der Waals surface area contributed by atoms with Crippen LogP contribution >= 0.6 is 11.8 Å². The van der Waals surface area contributed by atoms with Crippen LogP contribution in [0.1, 0.15) is 28.2 Å². The number of carbonyl (C=O) groups excluding carboxylic acids is 1. The largest absolute Gasteiger partial charge is 0.492 e. The molecule has 1 amide bonds. The highest BCUT2D eigenvalue weighted by Gasteiger charge is 2.29. The lowest BCUT2D eigenvalue weighted by Gasteiger charge is -2.17. The molecule has 35 heavy (non-hydrogen) atoms. The van der Waals surface area contributed by atoms with E-state index in [9.17, 15) is 14.7 Å². The summed E-state index contributed by atoms with van der Waals surface area (Å²) in [4.78, 5) is 24.1. The number of nitrogens with one attached hydrogen (secondary N) is 1. The van der Waals surface area contributed by atoms with Crippen molar-refractivity contribution in [3.63, 3.8) is 0 Å². The predicted octanol–water partition coefficient (Wildman–Crippen LogP) is 5.41. The van der Waals surface area contributed by atoms with Crippen LogP contribution in [0.2, 0.25) is 0 Å². The summed E-state index contributed by atoms with van der Waals surface area (Å²) in [6, 6.07) is 21.1. The Bertz CT molecular complexity index is 1170. The molecular formula is C28H29NO5S. The Morgan fingerprint density at radius 2 is 1.66 bits per heavy atom. The molecule has 0 spiro atoms. The molecule has 0 heterocycles. The fourth-order valence-electron chi connectivity index (χ4n) is 4.23. The van der Waals surface area contributed by atoms with Crippen LogP contribution in [0.5, 0.6) is 5.75 Å². The maximum Gasteiger partial charge on any atom is 0.407 e. The van der Waals surface area contributed by atoms with E-state index in [0.717, 1.165) is 39.1 Å². The van der Waals surface area contributed by atoms with Crippen LogP contribution in [0.15, 0.2) is 66.7 Å². The summed E-state index contributed by atoms with van der Waals surface area (Å²) in [5.41, 5.74) is 6.67. The number of alkyl carbamates (subject to hydrolysis) is 1. The molecular weight excluding hydrogens is 462 g/mol. The average Bonchev–Trinajstić information content (AvgIpc) is 3.17. The summed E-state index contributed by atoms with van der Waals surface area (Å²) in [5, 5.41) is 12.0. The number of fused-ring (bicyclic) bond motifs is 3. The number of amides is 1. The van der Waals surface area contributed by atoms with Gasteiger partial charge < -0.3 is 19.9 Å². The monoisotopic (exact) mass is 491 g/mol. The molecule has 0 saturated carbocycles. The third kappa shape index (κ3) is 5.98. The van der Waals surface area contributed by atoms with Crippen LogP contribution in [0, 0.1) is 13.8 Å². The molecule has 6 nitrogen and oxygen atoms in total. The first kappa shape index (κ1) is 24.7. The minimum absolute atomic E-state index is 0.0759. The summed E-state index contributed by atoms with van der Waals surface area (Å²) < 4.78 is 11.3. The normalized spacial score (nSPS) is 13.0. The van der Waals surface area contributed by atoms with Crippen LogP contribution < -0.4 is 10.1 Å². The number of rotatable bonds is 10. The van der Waals surface area contributed by atoms with E-state index >= 15 is 0 Å². The summed E-state index contributed by atoms with van der Waals surface area (Å²) in [6.07, 6.45) is -0.730. The number of thioether (sulfide) groups is 1. The fraction of sp³-hybridized carbons (Fsp3) is 0.286. The molecule has 1 atom stereocenters. The molecule has 3 aromatic rings. The topological polar surface area (TPSA) is 84.9 Å². The van der Waals surface area contributed by atoms with Crippen molar-refractivity contribution in [2.45, 2.75) is 25.8 Å². The number of carboxylic acid groups (broad SMARTS) is 1. The lowest BCUT2D eigenvalue weighted by atomic mass is 9.98. The highest BCUT2D eigenvalue weighted by Crippen LogP contribution is 2.44. The van der Waals surface area contributed by atoms with Gasteiger partial charge in [0, 0.05) is 17.4 Å². The molecule has 182 valence electrons. The van der Waals surface area contributed by atoms with Gasteiger partial charge in [-0.1, -0.05) is 60.7 Å². The van der Waals surface area contributed by atoms with Gasteiger partial charge in [-0.05, 0) is 53.3 Å². The zero-order chi connectivity index (χ0) is 24.8. The zero-order valence-corrected chi connectivity index (χ0v) is 20.6. The van der Waals surface area contributed by atoms with E-state index in [1.54, 1.807) is 0 Å². The maximum atomic E-state index is 12.5. The molecule has 2 N–H and O–H groups in total. The minimum Gasteiger partial charge on any atom is -0.492 e. The number of carboxylic acids is 1. The summed E-state index contributed by atoms with van der Waals surface area (Å²) in [5.74, 6) is 0.478. The van der Waals surface area contributed by atoms with Crippen molar-refractivity contribution in [1.82, 2.24) is 5.32 Å². The zero-order valence-electron chi connectivity index (χ0n) is 19.8. The van der Waals surface area contributed by atoms with Gasteiger partial charge in [0.25, 0.3) is 0 Å². The van der Waals surface area contributed by atoms with Crippen LogP contribution in [0.25, 0.3) is 11.1 Å². The van der Waals surface area contributed by atoms with Gasteiger partial charge in [-0.3, -0.25) is 0 Å². The molecule has 0 saturated heterocycles. The number of hydrogen-bond acceptors (Lipinski definition) is 5. The highest BCUT2D eigenvalue weighted by atomic mass is 32.2. The predicted molar refractivity (Wildman–Crippen MR) is 138 cm³/mol. The number of benzene rings is 3. The van der Waals surface area contributed by atoms with E-state index in [0.29, 0.717) is 12.4 Å². The quantitative estimate of drug-likeness (QED) is 0.369. The van der Waals surface area contributed by atoms with Gasteiger partial charge in [-0.2, -0.15) is 11.8 Å². The van der Waals surface area contributed by atoms with E-state index in [1.807, 2.05) is 68.4 Å². The first-order valence-electron chi connectivity index (χ1n) is 11.6. The standard InChI is InChI=1S/C28H29NO5S/c1-18-11-12-19(2)26(15-18)33-13-14-35-17-25(27(30)31)29-28(32)34-16-24-22-9-5-3-7-20(22)21-8-4-6-10-23(21)24/h3-12,15,24-25H,13-14,16-17H2,1-2H3,(H,29,32)(H,30,31). The number of hydrogen-bond donors (Lipinski definition) is 2. The molecule has 0 aromatic heterocycles. The smallest absolute Gasteiger partial charge is 0.407 e. The van der Waals surface area contributed by atoms with Crippen molar-refractivity contribution in [2.75, 3.05) is 24.7 Å². The number of carbonyl (C=O) groups is 2. The maximum absolute atomic E-state index is 12.5. The molecule has 4 rings (SSSR count). The summed E-state index contributed by atoms with van der Waals surface area (Å²) in [7, 11) is 0. The Hall–Kier alpha value is -3.45. The molecule has 0 aliphatic heterocycles. The van der Waals surface area contributed by atoms with Crippen molar-refractivity contribution in [1.29, 1.82) is 0 Å². The molecule has 0 bridgehead atoms.